The van der Waals surface area contributed by atoms with Gasteiger partial charge in [-0.2, -0.15) is 0 Å². The van der Waals surface area contributed by atoms with Crippen LogP contribution in [0.1, 0.15) is 11.1 Å². The second-order valence-corrected chi connectivity index (χ2v) is 7.66. The van der Waals surface area contributed by atoms with Crippen LogP contribution < -0.4 is 27.8 Å². The molecule has 0 unspecified atom stereocenters. The van der Waals surface area contributed by atoms with Crippen LogP contribution in [0.15, 0.2) is 59.4 Å². The number of benzene rings is 2. The summed E-state index contributed by atoms with van der Waals surface area (Å²) >= 11 is 0. The molecule has 9 nitrogen and oxygen atoms in total. The van der Waals surface area contributed by atoms with Gasteiger partial charge in [0.25, 0.3) is 5.56 Å². The molecule has 0 fully saturated rings. The van der Waals surface area contributed by atoms with Gasteiger partial charge in [-0.15, -0.1) is 0 Å². The second-order valence-electron chi connectivity index (χ2n) is 7.66. The Kier molecular flexibility index (Phi) is 7.09. The zero-order chi connectivity index (χ0) is 24.1. The van der Waals surface area contributed by atoms with Crippen molar-refractivity contribution in [1.82, 2.24) is 14.9 Å². The Morgan fingerprint density at radius 2 is 1.85 bits per heavy atom. The number of halogens is 1. The number of hydrazine groups is 1. The number of nitrogens with zero attached hydrogens (tertiary/aromatic N) is 2. The van der Waals surface area contributed by atoms with E-state index in [1.54, 1.807) is 62.6 Å². The standard InChI is InChI=1S/C23H26FN7O2/c1-30(2)29-21-18(24)11-19(16-4-3-5-17(25)10-16)31(23(21)33)13-20(32)28-12-14-6-8-15(9-7-14)22(26)27/h3-11,29H,12-13,25H2,1-2H3,(H3,26,27)(H,28,32). The molecule has 0 bridgehead atoms. The fourth-order valence-electron chi connectivity index (χ4n) is 3.24. The van der Waals surface area contributed by atoms with E-state index in [-0.39, 0.29) is 30.3 Å². The average molecular weight is 452 g/mol. The maximum atomic E-state index is 14.8. The van der Waals surface area contributed by atoms with Gasteiger partial charge in [0, 0.05) is 43.5 Å². The molecule has 0 spiro atoms. The summed E-state index contributed by atoms with van der Waals surface area (Å²) in [5.41, 5.74) is 15.6. The molecule has 2 aromatic carbocycles. The SMILES string of the molecule is CN(C)Nc1c(F)cc(-c2cccc(N)c2)n(CC(=O)NCc2ccc(C(=N)N)cc2)c1=O. The third-order valence-corrected chi connectivity index (χ3v) is 4.83. The van der Waals surface area contributed by atoms with Crippen molar-refractivity contribution in [2.75, 3.05) is 25.3 Å². The third kappa shape index (κ3) is 5.74. The van der Waals surface area contributed by atoms with Crippen LogP contribution in [0.2, 0.25) is 0 Å². The van der Waals surface area contributed by atoms with Crippen molar-refractivity contribution in [1.29, 1.82) is 5.41 Å². The third-order valence-electron chi connectivity index (χ3n) is 4.83. The predicted octanol–water partition coefficient (Wildman–Crippen LogP) is 1.73. The molecule has 1 amide bonds. The Morgan fingerprint density at radius 1 is 1.15 bits per heavy atom. The van der Waals surface area contributed by atoms with Gasteiger partial charge in [-0.25, -0.2) is 9.40 Å². The number of amidine groups is 1. The number of carbonyl (C=O) groups is 1. The zero-order valence-electron chi connectivity index (χ0n) is 18.4. The van der Waals surface area contributed by atoms with E-state index in [9.17, 15) is 14.0 Å². The Morgan fingerprint density at radius 3 is 2.45 bits per heavy atom. The molecule has 0 saturated carbocycles. The smallest absolute Gasteiger partial charge is 0.279 e. The first kappa shape index (κ1) is 23.5. The van der Waals surface area contributed by atoms with Crippen molar-refractivity contribution in [3.8, 4) is 11.3 Å². The molecule has 10 heteroatoms. The first-order valence-corrected chi connectivity index (χ1v) is 10.1. The lowest BCUT2D eigenvalue weighted by atomic mass is 10.1. The summed E-state index contributed by atoms with van der Waals surface area (Å²) in [5.74, 6) is -1.22. The molecule has 1 aromatic heterocycles. The summed E-state index contributed by atoms with van der Waals surface area (Å²) in [6, 6.07) is 14.7. The quantitative estimate of drug-likeness (QED) is 0.153. The van der Waals surface area contributed by atoms with Gasteiger partial charge in [0.15, 0.2) is 11.5 Å². The van der Waals surface area contributed by atoms with Crippen LogP contribution in [0, 0.1) is 11.2 Å². The summed E-state index contributed by atoms with van der Waals surface area (Å²) in [5, 5.41) is 11.6. The van der Waals surface area contributed by atoms with E-state index < -0.39 is 17.3 Å². The summed E-state index contributed by atoms with van der Waals surface area (Å²) in [4.78, 5) is 25.8. The number of anilines is 2. The number of aromatic nitrogens is 1. The normalized spacial score (nSPS) is 10.8. The molecule has 7 N–H and O–H groups in total. The molecule has 0 atom stereocenters. The molecule has 0 aliphatic carbocycles. The van der Waals surface area contributed by atoms with Gasteiger partial charge in [-0.05, 0) is 17.7 Å². The van der Waals surface area contributed by atoms with Gasteiger partial charge < -0.3 is 22.2 Å². The highest BCUT2D eigenvalue weighted by Crippen LogP contribution is 2.24. The maximum Gasteiger partial charge on any atom is 0.279 e. The summed E-state index contributed by atoms with van der Waals surface area (Å²) in [6.07, 6.45) is 0. The van der Waals surface area contributed by atoms with E-state index in [2.05, 4.69) is 10.7 Å². The number of hydrogen-bond acceptors (Lipinski definition) is 6. The van der Waals surface area contributed by atoms with E-state index >= 15 is 0 Å². The van der Waals surface area contributed by atoms with Crippen LogP contribution in [-0.2, 0) is 17.9 Å². The molecule has 0 radical (unpaired) electrons. The molecule has 0 aliphatic heterocycles. The minimum Gasteiger partial charge on any atom is -0.399 e. The summed E-state index contributed by atoms with van der Waals surface area (Å²) in [6.45, 7) is -0.111. The number of pyridine rings is 1. The zero-order valence-corrected chi connectivity index (χ0v) is 18.4. The molecule has 172 valence electrons. The topological polar surface area (TPSA) is 142 Å². The lowest BCUT2D eigenvalue weighted by Crippen LogP contribution is -2.36. The molecule has 0 aliphatic rings. The second kappa shape index (κ2) is 9.96. The van der Waals surface area contributed by atoms with E-state index in [0.29, 0.717) is 16.8 Å². The van der Waals surface area contributed by atoms with Crippen LogP contribution in [0.4, 0.5) is 15.8 Å². The number of rotatable bonds is 8. The van der Waals surface area contributed by atoms with E-state index in [0.717, 1.165) is 5.56 Å². The number of nitrogens with two attached hydrogens (primary N) is 2. The van der Waals surface area contributed by atoms with Crippen molar-refractivity contribution in [3.63, 3.8) is 0 Å². The first-order chi connectivity index (χ1) is 15.7. The number of nitrogens with one attached hydrogen (secondary N) is 3. The highest BCUT2D eigenvalue weighted by Gasteiger charge is 2.19. The van der Waals surface area contributed by atoms with Crippen molar-refractivity contribution in [2.45, 2.75) is 13.1 Å². The lowest BCUT2D eigenvalue weighted by molar-refractivity contribution is -0.121. The van der Waals surface area contributed by atoms with Crippen LogP contribution in [0.5, 0.6) is 0 Å². The Hall–Kier alpha value is -4.18. The van der Waals surface area contributed by atoms with Crippen molar-refractivity contribution in [3.05, 3.63) is 81.9 Å². The van der Waals surface area contributed by atoms with Gasteiger partial charge in [-0.3, -0.25) is 19.6 Å². The Labute approximate surface area is 190 Å². The van der Waals surface area contributed by atoms with Crippen molar-refractivity contribution in [2.24, 2.45) is 5.73 Å². The summed E-state index contributed by atoms with van der Waals surface area (Å²) in [7, 11) is 3.25. The number of amides is 1. The molecule has 3 aromatic rings. The van der Waals surface area contributed by atoms with Crippen LogP contribution >= 0.6 is 0 Å². The largest absolute Gasteiger partial charge is 0.399 e. The van der Waals surface area contributed by atoms with Crippen LogP contribution in [0.3, 0.4) is 0 Å². The molecule has 33 heavy (non-hydrogen) atoms. The van der Waals surface area contributed by atoms with E-state index in [1.807, 2.05) is 0 Å². The monoisotopic (exact) mass is 451 g/mol. The maximum absolute atomic E-state index is 14.8. The average Bonchev–Trinajstić information content (AvgIpc) is 2.77. The molecule has 1 heterocycles. The minimum atomic E-state index is -0.742. The van der Waals surface area contributed by atoms with E-state index in [4.69, 9.17) is 16.9 Å². The number of nitrogen functional groups attached to an aromatic ring is 2. The lowest BCUT2D eigenvalue weighted by Gasteiger charge is -2.19. The molecule has 3 rings (SSSR count). The highest BCUT2D eigenvalue weighted by atomic mass is 19.1. The fourth-order valence-corrected chi connectivity index (χ4v) is 3.24. The van der Waals surface area contributed by atoms with Gasteiger partial charge >= 0.3 is 0 Å². The van der Waals surface area contributed by atoms with Crippen molar-refractivity contribution < 1.29 is 9.18 Å². The first-order valence-electron chi connectivity index (χ1n) is 10.1. The molecular weight excluding hydrogens is 425 g/mol. The van der Waals surface area contributed by atoms with Gasteiger partial charge in [-0.1, -0.05) is 36.4 Å². The van der Waals surface area contributed by atoms with Crippen molar-refractivity contribution >= 4 is 23.1 Å². The highest BCUT2D eigenvalue weighted by molar-refractivity contribution is 5.94. The van der Waals surface area contributed by atoms with Gasteiger partial charge in [0.2, 0.25) is 5.91 Å². The van der Waals surface area contributed by atoms with Crippen LogP contribution in [0.25, 0.3) is 11.3 Å². The Balaban J connectivity index is 1.90. The fraction of sp³-hybridized carbons (Fsp3) is 0.174. The van der Waals surface area contributed by atoms with Crippen LogP contribution in [-0.4, -0.2) is 35.4 Å². The number of carbonyl (C=O) groups excluding carboxylic acids is 1. The van der Waals surface area contributed by atoms with Gasteiger partial charge in [0.05, 0.1) is 5.69 Å². The Bertz CT molecular complexity index is 1240. The number of hydrogen-bond donors (Lipinski definition) is 5. The van der Waals surface area contributed by atoms with Gasteiger partial charge in [0.1, 0.15) is 12.4 Å². The predicted molar refractivity (Wildman–Crippen MR) is 127 cm³/mol. The summed E-state index contributed by atoms with van der Waals surface area (Å²) < 4.78 is 16.0. The molecular formula is C23H26FN7O2. The molecule has 0 saturated heterocycles. The minimum absolute atomic E-state index is 0.0440. The van der Waals surface area contributed by atoms with E-state index in [1.165, 1.54) is 15.6 Å².